The summed E-state index contributed by atoms with van der Waals surface area (Å²) in [5.41, 5.74) is 3.00. The van der Waals surface area contributed by atoms with Crippen molar-refractivity contribution in [2.45, 2.75) is 38.7 Å². The Balaban J connectivity index is 2.27. The molecule has 2 rings (SSSR count). The highest BCUT2D eigenvalue weighted by molar-refractivity contribution is 5.43. The molecule has 1 aliphatic carbocycles. The fourth-order valence-corrected chi connectivity index (χ4v) is 1.87. The predicted octanol–water partition coefficient (Wildman–Crippen LogP) is 2.30. The molecule has 1 N–H and O–H groups in total. The summed E-state index contributed by atoms with van der Waals surface area (Å²) in [6.07, 6.45) is 3.64. The van der Waals surface area contributed by atoms with Crippen molar-refractivity contribution < 1.29 is 5.11 Å². The second-order valence-corrected chi connectivity index (χ2v) is 4.65. The van der Waals surface area contributed by atoms with Crippen LogP contribution in [0.2, 0.25) is 0 Å². The number of aliphatic hydroxyl groups is 1. The van der Waals surface area contributed by atoms with Gasteiger partial charge in [-0.2, -0.15) is 0 Å². The smallest absolute Gasteiger partial charge is 0.120 e. The zero-order chi connectivity index (χ0) is 10.9. The highest BCUT2D eigenvalue weighted by atomic mass is 16.3. The Morgan fingerprint density at radius 3 is 2.67 bits per heavy atom. The van der Waals surface area contributed by atoms with E-state index in [2.05, 4.69) is 24.0 Å². The Morgan fingerprint density at radius 1 is 1.20 bits per heavy atom. The van der Waals surface area contributed by atoms with Gasteiger partial charge in [-0.05, 0) is 56.4 Å². The Labute approximate surface area is 91.1 Å². The van der Waals surface area contributed by atoms with E-state index in [0.717, 1.165) is 5.56 Å². The molecule has 0 unspecified atom stereocenters. The summed E-state index contributed by atoms with van der Waals surface area (Å²) in [6, 6.07) is 6.36. The van der Waals surface area contributed by atoms with Gasteiger partial charge in [-0.15, -0.1) is 0 Å². The van der Waals surface area contributed by atoms with Gasteiger partial charge in [0.05, 0.1) is 0 Å². The van der Waals surface area contributed by atoms with Crippen LogP contribution < -0.4 is 0 Å². The summed E-state index contributed by atoms with van der Waals surface area (Å²) in [7, 11) is 0. The first-order valence-corrected chi connectivity index (χ1v) is 5.42. The van der Waals surface area contributed by atoms with Gasteiger partial charge in [0.2, 0.25) is 0 Å². The summed E-state index contributed by atoms with van der Waals surface area (Å²) in [6.45, 7) is 3.40. The molecule has 0 aliphatic heterocycles. The van der Waals surface area contributed by atoms with Crippen molar-refractivity contribution in [1.82, 2.24) is 0 Å². The normalized spacial score (nSPS) is 14.3. The minimum absolute atomic E-state index is 0.904. The zero-order valence-electron chi connectivity index (χ0n) is 9.30. The second kappa shape index (κ2) is 3.72. The zero-order valence-corrected chi connectivity index (χ0v) is 9.30. The lowest BCUT2D eigenvalue weighted by Crippen LogP contribution is -2.14. The molecule has 0 fully saturated rings. The number of benzene rings is 1. The summed E-state index contributed by atoms with van der Waals surface area (Å²) in [5, 5.41) is 9.50. The Kier molecular flexibility index (Phi) is 2.54. The van der Waals surface area contributed by atoms with Crippen LogP contribution in [-0.2, 0) is 12.8 Å². The lowest BCUT2D eigenvalue weighted by atomic mass is 10.1. The van der Waals surface area contributed by atoms with Crippen molar-refractivity contribution in [2.75, 3.05) is 0 Å². The molecule has 0 bridgehead atoms. The number of fused-ring (bicyclic) bond motifs is 1. The van der Waals surface area contributed by atoms with E-state index >= 15 is 0 Å². The van der Waals surface area contributed by atoms with Crippen molar-refractivity contribution in [3.63, 3.8) is 0 Å². The third kappa shape index (κ3) is 2.61. The highest BCUT2D eigenvalue weighted by Gasteiger charge is 2.10. The average molecular weight is 200 g/mol. The average Bonchev–Trinajstić information content (AvgIpc) is 2.60. The summed E-state index contributed by atoms with van der Waals surface area (Å²) in [4.78, 5) is 0. The van der Waals surface area contributed by atoms with Crippen LogP contribution in [-0.4, -0.2) is 10.7 Å². The molecule has 1 aromatic rings. The molecule has 15 heavy (non-hydrogen) atoms. The number of rotatable bonds is 0. The molecule has 0 heterocycles. The third-order valence-electron chi connectivity index (χ3n) is 2.61. The van der Waals surface area contributed by atoms with Gasteiger partial charge in [0.1, 0.15) is 5.60 Å². The predicted molar refractivity (Wildman–Crippen MR) is 61.6 cm³/mol. The van der Waals surface area contributed by atoms with Crippen molar-refractivity contribution in [3.8, 4) is 11.8 Å². The van der Waals surface area contributed by atoms with Gasteiger partial charge >= 0.3 is 0 Å². The maximum atomic E-state index is 9.50. The molecule has 1 aliphatic rings. The van der Waals surface area contributed by atoms with E-state index < -0.39 is 5.60 Å². The van der Waals surface area contributed by atoms with Gasteiger partial charge in [0.25, 0.3) is 0 Å². The van der Waals surface area contributed by atoms with E-state index in [4.69, 9.17) is 0 Å². The molecular formula is C14H16O. The van der Waals surface area contributed by atoms with Crippen LogP contribution in [0.15, 0.2) is 18.2 Å². The van der Waals surface area contributed by atoms with Gasteiger partial charge in [0, 0.05) is 5.56 Å². The lowest BCUT2D eigenvalue weighted by molar-refractivity contribution is 0.143. The largest absolute Gasteiger partial charge is 0.378 e. The summed E-state index contributed by atoms with van der Waals surface area (Å²) in [5.74, 6) is 5.85. The molecule has 78 valence electrons. The first kappa shape index (κ1) is 10.3. The molecule has 0 atom stereocenters. The van der Waals surface area contributed by atoms with Crippen molar-refractivity contribution >= 4 is 0 Å². The molecule has 0 saturated heterocycles. The fourth-order valence-electron chi connectivity index (χ4n) is 1.87. The van der Waals surface area contributed by atoms with Gasteiger partial charge in [-0.3, -0.25) is 0 Å². The molecule has 0 aromatic heterocycles. The van der Waals surface area contributed by atoms with Crippen LogP contribution in [0.5, 0.6) is 0 Å². The number of hydrogen-bond acceptors (Lipinski definition) is 1. The maximum Gasteiger partial charge on any atom is 0.120 e. The summed E-state index contributed by atoms with van der Waals surface area (Å²) < 4.78 is 0. The highest BCUT2D eigenvalue weighted by Crippen LogP contribution is 2.22. The topological polar surface area (TPSA) is 20.2 Å². The number of aryl methyl sites for hydroxylation is 2. The maximum absolute atomic E-state index is 9.50. The second-order valence-electron chi connectivity index (χ2n) is 4.65. The minimum atomic E-state index is -0.904. The van der Waals surface area contributed by atoms with E-state index in [-0.39, 0.29) is 0 Å². The summed E-state index contributed by atoms with van der Waals surface area (Å²) >= 11 is 0. The molecule has 0 spiro atoms. The SMILES string of the molecule is CC(C)(O)C#Cc1ccc2c(c1)CCC2. The molecule has 0 saturated carbocycles. The third-order valence-corrected chi connectivity index (χ3v) is 2.61. The van der Waals surface area contributed by atoms with E-state index in [1.165, 1.54) is 30.4 Å². The Hall–Kier alpha value is -1.26. The van der Waals surface area contributed by atoms with Crippen LogP contribution in [0, 0.1) is 11.8 Å². The van der Waals surface area contributed by atoms with Gasteiger partial charge in [-0.1, -0.05) is 17.9 Å². The van der Waals surface area contributed by atoms with Crippen molar-refractivity contribution in [1.29, 1.82) is 0 Å². The standard InChI is InChI=1S/C14H16O/c1-14(2,15)9-8-11-6-7-12-4-3-5-13(12)10-11/h6-7,10,15H,3-5H2,1-2H3. The van der Waals surface area contributed by atoms with E-state index in [1.807, 2.05) is 6.07 Å². The number of hydrogen-bond donors (Lipinski definition) is 1. The quantitative estimate of drug-likeness (QED) is 0.637. The Bertz CT molecular complexity index is 427. The first-order valence-electron chi connectivity index (χ1n) is 5.42. The van der Waals surface area contributed by atoms with Crippen LogP contribution >= 0.6 is 0 Å². The van der Waals surface area contributed by atoms with E-state index in [9.17, 15) is 5.11 Å². The van der Waals surface area contributed by atoms with Crippen LogP contribution in [0.4, 0.5) is 0 Å². The van der Waals surface area contributed by atoms with Crippen LogP contribution in [0.25, 0.3) is 0 Å². The van der Waals surface area contributed by atoms with E-state index in [0.29, 0.717) is 0 Å². The minimum Gasteiger partial charge on any atom is -0.378 e. The molecule has 1 aromatic carbocycles. The van der Waals surface area contributed by atoms with Gasteiger partial charge < -0.3 is 5.11 Å². The molecule has 0 amide bonds. The lowest BCUT2D eigenvalue weighted by Gasteiger charge is -2.06. The van der Waals surface area contributed by atoms with Gasteiger partial charge in [0.15, 0.2) is 0 Å². The van der Waals surface area contributed by atoms with Gasteiger partial charge in [-0.25, -0.2) is 0 Å². The van der Waals surface area contributed by atoms with Crippen LogP contribution in [0.3, 0.4) is 0 Å². The molecule has 0 radical (unpaired) electrons. The Morgan fingerprint density at radius 2 is 1.93 bits per heavy atom. The molecule has 1 nitrogen and oxygen atoms in total. The monoisotopic (exact) mass is 200 g/mol. The van der Waals surface area contributed by atoms with Crippen LogP contribution in [0.1, 0.15) is 37.0 Å². The van der Waals surface area contributed by atoms with E-state index in [1.54, 1.807) is 13.8 Å². The van der Waals surface area contributed by atoms with Crippen molar-refractivity contribution in [2.24, 2.45) is 0 Å². The fraction of sp³-hybridized carbons (Fsp3) is 0.429. The van der Waals surface area contributed by atoms with Crippen molar-refractivity contribution in [3.05, 3.63) is 34.9 Å². The molecule has 1 heteroatoms. The first-order chi connectivity index (χ1) is 7.04. The molecular weight excluding hydrogens is 184 g/mol.